The minimum Gasteiger partial charge on any atom is -0.508 e. The molecule has 0 spiro atoms. The van der Waals surface area contributed by atoms with Gasteiger partial charge >= 0.3 is 0 Å². The second-order valence-corrected chi connectivity index (χ2v) is 5.07. The Hall–Kier alpha value is -1.99. The maximum Gasteiger partial charge on any atom is 0.120 e. The molecule has 0 aliphatic rings. The first-order chi connectivity index (χ1) is 9.19. The van der Waals surface area contributed by atoms with Crippen molar-refractivity contribution in [3.8, 4) is 11.8 Å². The quantitative estimate of drug-likeness (QED) is 0.901. The first kappa shape index (κ1) is 13.4. The SMILES string of the molecule is N#CCc1ccc(NCc2cc(Br)ccc2O)cc1. The largest absolute Gasteiger partial charge is 0.508 e. The molecule has 2 aromatic carbocycles. The molecule has 96 valence electrons. The number of anilines is 1. The minimum atomic E-state index is 0.275. The van der Waals surface area contributed by atoms with Crippen molar-refractivity contribution < 1.29 is 5.11 Å². The van der Waals surface area contributed by atoms with Gasteiger partial charge in [-0.3, -0.25) is 0 Å². The maximum atomic E-state index is 9.73. The lowest BCUT2D eigenvalue weighted by molar-refractivity contribution is 0.469. The lowest BCUT2D eigenvalue weighted by Crippen LogP contribution is -1.99. The molecule has 0 heterocycles. The molecule has 0 amide bonds. The molecule has 0 aliphatic carbocycles. The van der Waals surface area contributed by atoms with Crippen LogP contribution in [0.1, 0.15) is 11.1 Å². The Morgan fingerprint density at radius 2 is 1.89 bits per heavy atom. The van der Waals surface area contributed by atoms with Crippen LogP contribution in [0.4, 0.5) is 5.69 Å². The number of nitrogens with one attached hydrogen (secondary N) is 1. The standard InChI is InChI=1S/C15H13BrN2O/c16-13-3-6-15(19)12(9-13)10-18-14-4-1-11(2-5-14)7-8-17/h1-6,9,18-19H,7,10H2. The summed E-state index contributed by atoms with van der Waals surface area (Å²) in [4.78, 5) is 0. The van der Waals surface area contributed by atoms with Gasteiger partial charge in [0.1, 0.15) is 5.75 Å². The third-order valence-corrected chi connectivity index (χ3v) is 3.25. The van der Waals surface area contributed by atoms with Crippen molar-refractivity contribution in [1.29, 1.82) is 5.26 Å². The summed E-state index contributed by atoms with van der Waals surface area (Å²) in [5.74, 6) is 0.275. The fourth-order valence-corrected chi connectivity index (χ4v) is 2.13. The van der Waals surface area contributed by atoms with Gasteiger partial charge in [-0.25, -0.2) is 0 Å². The molecule has 4 heteroatoms. The van der Waals surface area contributed by atoms with Crippen LogP contribution in [0.25, 0.3) is 0 Å². The van der Waals surface area contributed by atoms with E-state index in [1.807, 2.05) is 30.3 Å². The molecule has 3 nitrogen and oxygen atoms in total. The zero-order valence-electron chi connectivity index (χ0n) is 10.2. The van der Waals surface area contributed by atoms with Gasteiger partial charge in [-0.05, 0) is 35.9 Å². The molecular formula is C15H13BrN2O. The summed E-state index contributed by atoms with van der Waals surface area (Å²) < 4.78 is 0.937. The van der Waals surface area contributed by atoms with Crippen LogP contribution in [0.2, 0.25) is 0 Å². The van der Waals surface area contributed by atoms with Crippen LogP contribution < -0.4 is 5.32 Å². The van der Waals surface area contributed by atoms with Crippen LogP contribution in [-0.4, -0.2) is 5.11 Å². The second-order valence-electron chi connectivity index (χ2n) is 4.16. The first-order valence-electron chi connectivity index (χ1n) is 5.86. The predicted molar refractivity (Wildman–Crippen MR) is 78.9 cm³/mol. The van der Waals surface area contributed by atoms with Gasteiger partial charge < -0.3 is 10.4 Å². The smallest absolute Gasteiger partial charge is 0.120 e. The number of phenols is 1. The highest BCUT2D eigenvalue weighted by Gasteiger charge is 2.02. The molecule has 2 aromatic rings. The van der Waals surface area contributed by atoms with Gasteiger partial charge in [-0.2, -0.15) is 5.26 Å². The summed E-state index contributed by atoms with van der Waals surface area (Å²) in [6, 6.07) is 15.2. The number of aromatic hydroxyl groups is 1. The molecular weight excluding hydrogens is 304 g/mol. The number of halogens is 1. The highest BCUT2D eigenvalue weighted by molar-refractivity contribution is 9.10. The second kappa shape index (κ2) is 6.26. The van der Waals surface area contributed by atoms with Crippen LogP contribution in [0.3, 0.4) is 0 Å². The van der Waals surface area contributed by atoms with Crippen LogP contribution >= 0.6 is 15.9 Å². The number of hydrogen-bond donors (Lipinski definition) is 2. The fraction of sp³-hybridized carbons (Fsp3) is 0.133. The number of hydrogen-bond acceptors (Lipinski definition) is 3. The molecule has 0 aromatic heterocycles. The van der Waals surface area contributed by atoms with Crippen molar-refractivity contribution in [2.45, 2.75) is 13.0 Å². The van der Waals surface area contributed by atoms with E-state index in [1.54, 1.807) is 12.1 Å². The van der Waals surface area contributed by atoms with E-state index in [9.17, 15) is 5.11 Å². The van der Waals surface area contributed by atoms with Gasteiger partial charge in [-0.1, -0.05) is 28.1 Å². The number of benzene rings is 2. The molecule has 2 N–H and O–H groups in total. The van der Waals surface area contributed by atoms with Crippen molar-refractivity contribution in [2.75, 3.05) is 5.32 Å². The van der Waals surface area contributed by atoms with Crippen molar-refractivity contribution in [1.82, 2.24) is 0 Å². The summed E-state index contributed by atoms with van der Waals surface area (Å²) in [5.41, 5.74) is 2.79. The predicted octanol–water partition coefficient (Wildman–Crippen LogP) is 3.83. The van der Waals surface area contributed by atoms with Gasteiger partial charge in [0.25, 0.3) is 0 Å². The zero-order valence-corrected chi connectivity index (χ0v) is 11.8. The van der Waals surface area contributed by atoms with Crippen LogP contribution in [-0.2, 0) is 13.0 Å². The van der Waals surface area contributed by atoms with E-state index in [2.05, 4.69) is 27.3 Å². The molecule has 0 saturated carbocycles. The molecule has 2 rings (SSSR count). The maximum absolute atomic E-state index is 9.73. The lowest BCUT2D eigenvalue weighted by Gasteiger charge is -2.09. The molecule has 0 unspecified atom stereocenters. The summed E-state index contributed by atoms with van der Waals surface area (Å²) in [7, 11) is 0. The molecule has 0 atom stereocenters. The van der Waals surface area contributed by atoms with E-state index in [0.717, 1.165) is 21.3 Å². The van der Waals surface area contributed by atoms with E-state index >= 15 is 0 Å². The van der Waals surface area contributed by atoms with E-state index in [0.29, 0.717) is 13.0 Å². The summed E-state index contributed by atoms with van der Waals surface area (Å²) >= 11 is 3.38. The van der Waals surface area contributed by atoms with Crippen molar-refractivity contribution in [3.63, 3.8) is 0 Å². The number of nitriles is 1. The Labute approximate surface area is 120 Å². The van der Waals surface area contributed by atoms with E-state index in [-0.39, 0.29) is 5.75 Å². The van der Waals surface area contributed by atoms with Crippen molar-refractivity contribution in [3.05, 3.63) is 58.1 Å². The molecule has 0 radical (unpaired) electrons. The zero-order chi connectivity index (χ0) is 13.7. The topological polar surface area (TPSA) is 56.0 Å². The van der Waals surface area contributed by atoms with E-state index in [4.69, 9.17) is 5.26 Å². The molecule has 0 aliphatic heterocycles. The summed E-state index contributed by atoms with van der Waals surface area (Å²) in [6.45, 7) is 0.545. The average Bonchev–Trinajstić information content (AvgIpc) is 2.42. The third kappa shape index (κ3) is 3.73. The average molecular weight is 317 g/mol. The van der Waals surface area contributed by atoms with Crippen LogP contribution in [0.15, 0.2) is 46.9 Å². The van der Waals surface area contributed by atoms with Gasteiger partial charge in [0.2, 0.25) is 0 Å². The van der Waals surface area contributed by atoms with Gasteiger partial charge in [0.15, 0.2) is 0 Å². The molecule has 0 saturated heterocycles. The number of rotatable bonds is 4. The fourth-order valence-electron chi connectivity index (χ4n) is 1.72. The lowest BCUT2D eigenvalue weighted by atomic mass is 10.1. The summed E-state index contributed by atoms with van der Waals surface area (Å²) in [5, 5.41) is 21.6. The van der Waals surface area contributed by atoms with E-state index < -0.39 is 0 Å². The molecule has 19 heavy (non-hydrogen) atoms. The van der Waals surface area contributed by atoms with Gasteiger partial charge in [0, 0.05) is 22.3 Å². The first-order valence-corrected chi connectivity index (χ1v) is 6.65. The Kier molecular flexibility index (Phi) is 4.43. The molecule has 0 bridgehead atoms. The van der Waals surface area contributed by atoms with Gasteiger partial charge in [-0.15, -0.1) is 0 Å². The van der Waals surface area contributed by atoms with Gasteiger partial charge in [0.05, 0.1) is 12.5 Å². The van der Waals surface area contributed by atoms with Crippen molar-refractivity contribution >= 4 is 21.6 Å². The Bertz CT molecular complexity index is 603. The number of phenolic OH excluding ortho intramolecular Hbond substituents is 1. The Balaban J connectivity index is 2.02. The number of nitrogens with zero attached hydrogens (tertiary/aromatic N) is 1. The monoisotopic (exact) mass is 316 g/mol. The normalized spacial score (nSPS) is 9.89. The Morgan fingerprint density at radius 1 is 1.16 bits per heavy atom. The van der Waals surface area contributed by atoms with Crippen LogP contribution in [0, 0.1) is 11.3 Å². The molecule has 0 fully saturated rings. The highest BCUT2D eigenvalue weighted by atomic mass is 79.9. The summed E-state index contributed by atoms with van der Waals surface area (Å²) in [6.07, 6.45) is 0.423. The minimum absolute atomic E-state index is 0.275. The third-order valence-electron chi connectivity index (χ3n) is 2.76. The van der Waals surface area contributed by atoms with E-state index in [1.165, 1.54) is 0 Å². The highest BCUT2D eigenvalue weighted by Crippen LogP contribution is 2.23. The van der Waals surface area contributed by atoms with Crippen LogP contribution in [0.5, 0.6) is 5.75 Å². The Morgan fingerprint density at radius 3 is 2.58 bits per heavy atom. The van der Waals surface area contributed by atoms with Crippen molar-refractivity contribution in [2.24, 2.45) is 0 Å².